The number of aliphatic imine (C=N–C) groups is 1. The van der Waals surface area contributed by atoms with E-state index in [4.69, 9.17) is 10.8 Å². The van der Waals surface area contributed by atoms with Gasteiger partial charge < -0.3 is 10.8 Å². The number of nitrogens with zero attached hydrogens (tertiary/aromatic N) is 1. The zero-order chi connectivity index (χ0) is 19.3. The molecule has 2 rings (SSSR count). The highest BCUT2D eigenvalue weighted by atomic mass is 19.4. The predicted octanol–water partition coefficient (Wildman–Crippen LogP) is 4.34. The zero-order valence-corrected chi connectivity index (χ0v) is 13.5. The third-order valence-corrected chi connectivity index (χ3v) is 3.48. The number of benzene rings is 2. The van der Waals surface area contributed by atoms with Crippen molar-refractivity contribution < 1.29 is 23.1 Å². The van der Waals surface area contributed by atoms with Gasteiger partial charge >= 0.3 is 12.1 Å². The SMILES string of the molecule is C=C(/N=C(\C=C/N)c1ccc(C(=O)O)cc1)c1ccc(C(F)(F)F)cc1. The van der Waals surface area contributed by atoms with E-state index in [1.807, 2.05) is 0 Å². The summed E-state index contributed by atoms with van der Waals surface area (Å²) in [5.74, 6) is -1.06. The van der Waals surface area contributed by atoms with Crippen molar-refractivity contribution in [2.45, 2.75) is 6.18 Å². The largest absolute Gasteiger partial charge is 0.478 e. The van der Waals surface area contributed by atoms with Crippen molar-refractivity contribution in [1.82, 2.24) is 0 Å². The number of carbonyl (C=O) groups is 1. The van der Waals surface area contributed by atoms with Crippen molar-refractivity contribution in [2.75, 3.05) is 0 Å². The molecule has 0 heterocycles. The lowest BCUT2D eigenvalue weighted by Crippen LogP contribution is -2.04. The molecule has 0 unspecified atom stereocenters. The summed E-state index contributed by atoms with van der Waals surface area (Å²) in [5, 5.41) is 8.93. The van der Waals surface area contributed by atoms with Crippen LogP contribution in [-0.4, -0.2) is 16.8 Å². The molecular formula is C19H15F3N2O2. The van der Waals surface area contributed by atoms with Crippen LogP contribution >= 0.6 is 0 Å². The molecule has 7 heteroatoms. The Kier molecular flexibility index (Phi) is 5.61. The number of halogens is 3. The molecule has 4 nitrogen and oxygen atoms in total. The lowest BCUT2D eigenvalue weighted by Gasteiger charge is -2.08. The maximum absolute atomic E-state index is 12.6. The van der Waals surface area contributed by atoms with Gasteiger partial charge in [0.15, 0.2) is 0 Å². The van der Waals surface area contributed by atoms with Crippen LogP contribution in [0, 0.1) is 0 Å². The van der Waals surface area contributed by atoms with E-state index in [0.29, 0.717) is 16.8 Å². The Morgan fingerprint density at radius 2 is 1.50 bits per heavy atom. The number of rotatable bonds is 5. The molecule has 0 radical (unpaired) electrons. The van der Waals surface area contributed by atoms with Gasteiger partial charge in [-0.3, -0.25) is 0 Å². The monoisotopic (exact) mass is 360 g/mol. The lowest BCUT2D eigenvalue weighted by atomic mass is 10.1. The number of hydrogen-bond donors (Lipinski definition) is 2. The highest BCUT2D eigenvalue weighted by Gasteiger charge is 2.29. The Morgan fingerprint density at radius 1 is 1.00 bits per heavy atom. The molecule has 0 aliphatic carbocycles. The van der Waals surface area contributed by atoms with Gasteiger partial charge in [-0.15, -0.1) is 0 Å². The molecule has 0 aliphatic rings. The molecule has 0 amide bonds. The summed E-state index contributed by atoms with van der Waals surface area (Å²) in [7, 11) is 0. The minimum atomic E-state index is -4.41. The first-order valence-electron chi connectivity index (χ1n) is 7.39. The normalized spacial score (nSPS) is 12.3. The Labute approximate surface area is 147 Å². The Balaban J connectivity index is 2.32. The molecule has 3 N–H and O–H groups in total. The summed E-state index contributed by atoms with van der Waals surface area (Å²) in [6, 6.07) is 10.4. The number of carboxylic acid groups (broad SMARTS) is 1. The summed E-state index contributed by atoms with van der Waals surface area (Å²) in [6.07, 6.45) is -1.67. The van der Waals surface area contributed by atoms with E-state index in [-0.39, 0.29) is 11.3 Å². The lowest BCUT2D eigenvalue weighted by molar-refractivity contribution is -0.137. The zero-order valence-electron chi connectivity index (χ0n) is 13.5. The first kappa shape index (κ1) is 19.0. The van der Waals surface area contributed by atoms with Crippen LogP contribution in [0.1, 0.15) is 27.0 Å². The fourth-order valence-electron chi connectivity index (χ4n) is 2.13. The van der Waals surface area contributed by atoms with Crippen LogP contribution < -0.4 is 5.73 Å². The number of allylic oxidation sites excluding steroid dienone is 1. The van der Waals surface area contributed by atoms with Crippen molar-refractivity contribution in [3.63, 3.8) is 0 Å². The van der Waals surface area contributed by atoms with Crippen LogP contribution in [0.5, 0.6) is 0 Å². The number of carboxylic acids is 1. The van der Waals surface area contributed by atoms with Gasteiger partial charge in [0.2, 0.25) is 0 Å². The minimum Gasteiger partial charge on any atom is -0.478 e. The maximum atomic E-state index is 12.6. The number of hydrogen-bond acceptors (Lipinski definition) is 3. The van der Waals surface area contributed by atoms with Gasteiger partial charge in [0.1, 0.15) is 0 Å². The molecule has 0 fully saturated rings. The molecule has 2 aromatic carbocycles. The fourth-order valence-corrected chi connectivity index (χ4v) is 2.13. The Bertz CT molecular complexity index is 865. The molecular weight excluding hydrogens is 345 g/mol. The van der Waals surface area contributed by atoms with Gasteiger partial charge in [0.25, 0.3) is 0 Å². The molecule has 0 spiro atoms. The second kappa shape index (κ2) is 7.69. The summed E-state index contributed by atoms with van der Waals surface area (Å²) in [4.78, 5) is 15.2. The molecule has 134 valence electrons. The average Bonchev–Trinajstić information content (AvgIpc) is 2.60. The van der Waals surface area contributed by atoms with E-state index in [1.54, 1.807) is 12.1 Å². The van der Waals surface area contributed by atoms with Crippen LogP contribution in [0.2, 0.25) is 0 Å². The second-order valence-corrected chi connectivity index (χ2v) is 5.26. The highest BCUT2D eigenvalue weighted by Crippen LogP contribution is 2.30. The molecule has 2 aromatic rings. The predicted molar refractivity (Wildman–Crippen MR) is 93.7 cm³/mol. The van der Waals surface area contributed by atoms with Crippen LogP contribution in [0.25, 0.3) is 5.70 Å². The van der Waals surface area contributed by atoms with Gasteiger partial charge in [-0.2, -0.15) is 13.2 Å². The molecule has 0 saturated carbocycles. The fraction of sp³-hybridized carbons (Fsp3) is 0.0526. The molecule has 0 aromatic heterocycles. The van der Waals surface area contributed by atoms with Crippen LogP contribution in [0.15, 0.2) is 72.4 Å². The van der Waals surface area contributed by atoms with Crippen molar-refractivity contribution >= 4 is 17.4 Å². The molecule has 0 saturated heterocycles. The molecule has 0 atom stereocenters. The third kappa shape index (κ3) is 4.60. The number of nitrogens with two attached hydrogens (primary N) is 1. The van der Waals surface area contributed by atoms with Crippen LogP contribution in [0.4, 0.5) is 13.2 Å². The van der Waals surface area contributed by atoms with Crippen molar-refractivity contribution in [3.8, 4) is 0 Å². The van der Waals surface area contributed by atoms with E-state index < -0.39 is 17.7 Å². The van der Waals surface area contributed by atoms with Gasteiger partial charge in [-0.1, -0.05) is 30.8 Å². The topological polar surface area (TPSA) is 75.7 Å². The summed E-state index contributed by atoms with van der Waals surface area (Å²) >= 11 is 0. The van der Waals surface area contributed by atoms with E-state index in [9.17, 15) is 18.0 Å². The second-order valence-electron chi connectivity index (χ2n) is 5.26. The Morgan fingerprint density at radius 3 is 1.96 bits per heavy atom. The van der Waals surface area contributed by atoms with Gasteiger partial charge in [-0.05, 0) is 42.1 Å². The van der Waals surface area contributed by atoms with Gasteiger partial charge in [0.05, 0.1) is 22.5 Å². The first-order chi connectivity index (χ1) is 12.2. The van der Waals surface area contributed by atoms with Gasteiger partial charge in [-0.25, -0.2) is 9.79 Å². The summed E-state index contributed by atoms with van der Waals surface area (Å²) in [5.41, 5.74) is 6.42. The average molecular weight is 360 g/mol. The maximum Gasteiger partial charge on any atom is 0.416 e. The van der Waals surface area contributed by atoms with E-state index >= 15 is 0 Å². The number of alkyl halides is 3. The van der Waals surface area contributed by atoms with Gasteiger partial charge in [0, 0.05) is 5.56 Å². The quantitative estimate of drug-likeness (QED) is 0.779. The number of aromatic carboxylic acids is 1. The van der Waals surface area contributed by atoms with E-state index in [1.165, 1.54) is 36.5 Å². The summed E-state index contributed by atoms with van der Waals surface area (Å²) < 4.78 is 37.9. The van der Waals surface area contributed by atoms with Crippen molar-refractivity contribution in [2.24, 2.45) is 10.7 Å². The minimum absolute atomic E-state index is 0.117. The third-order valence-electron chi connectivity index (χ3n) is 3.48. The Hall–Kier alpha value is -3.35. The van der Waals surface area contributed by atoms with Crippen molar-refractivity contribution in [3.05, 3.63) is 89.6 Å². The molecule has 0 bridgehead atoms. The van der Waals surface area contributed by atoms with E-state index in [0.717, 1.165) is 12.1 Å². The first-order valence-corrected chi connectivity index (χ1v) is 7.39. The highest BCUT2D eigenvalue weighted by molar-refractivity contribution is 6.11. The van der Waals surface area contributed by atoms with Crippen molar-refractivity contribution in [1.29, 1.82) is 0 Å². The molecule has 0 aliphatic heterocycles. The van der Waals surface area contributed by atoms with Crippen LogP contribution in [0.3, 0.4) is 0 Å². The van der Waals surface area contributed by atoms with E-state index in [2.05, 4.69) is 11.6 Å². The summed E-state index contributed by atoms with van der Waals surface area (Å²) in [6.45, 7) is 3.77. The van der Waals surface area contributed by atoms with Crippen LogP contribution in [-0.2, 0) is 6.18 Å². The smallest absolute Gasteiger partial charge is 0.416 e. The molecule has 26 heavy (non-hydrogen) atoms. The standard InChI is InChI=1S/C19H15F3N2O2/c1-12(13-6-8-16(9-7-13)19(20,21)22)24-17(10-11-23)14-2-4-15(5-3-14)18(25)26/h2-11H,1,23H2,(H,25,26)/b11-10-,24-17+.